The lowest BCUT2D eigenvalue weighted by molar-refractivity contribution is 0.394. The summed E-state index contributed by atoms with van der Waals surface area (Å²) in [6, 6.07) is 8.26. The molecular formula is C22H17F3N2O2. The third-order valence-electron chi connectivity index (χ3n) is 4.51. The van der Waals surface area contributed by atoms with Crippen LogP contribution in [0.15, 0.2) is 36.5 Å². The molecule has 3 aromatic rings. The predicted octanol–water partition coefficient (Wildman–Crippen LogP) is 5.22. The number of nitriles is 1. The molecule has 0 aliphatic heterocycles. The number of halogens is 3. The van der Waals surface area contributed by atoms with Crippen LogP contribution in [-0.4, -0.2) is 19.2 Å². The van der Waals surface area contributed by atoms with Gasteiger partial charge in [0.15, 0.2) is 0 Å². The molecule has 3 rings (SSSR count). The fourth-order valence-corrected chi connectivity index (χ4v) is 3.23. The molecule has 0 saturated heterocycles. The van der Waals surface area contributed by atoms with Gasteiger partial charge in [-0.1, -0.05) is 0 Å². The number of nitrogens with zero attached hydrogens (tertiary/aromatic N) is 2. The molecule has 0 N–H and O–H groups in total. The Morgan fingerprint density at radius 3 is 2.00 bits per heavy atom. The summed E-state index contributed by atoms with van der Waals surface area (Å²) in [5, 5.41) is 9.24. The summed E-state index contributed by atoms with van der Waals surface area (Å²) < 4.78 is 53.4. The van der Waals surface area contributed by atoms with Crippen LogP contribution in [0.1, 0.15) is 11.3 Å². The second-order valence-corrected chi connectivity index (χ2v) is 6.30. The zero-order chi connectivity index (χ0) is 21.1. The quantitative estimate of drug-likeness (QED) is 0.591. The highest BCUT2D eigenvalue weighted by Gasteiger charge is 2.23. The second-order valence-electron chi connectivity index (χ2n) is 6.30. The van der Waals surface area contributed by atoms with E-state index >= 15 is 0 Å². The minimum absolute atomic E-state index is 0.0421. The van der Waals surface area contributed by atoms with Crippen molar-refractivity contribution in [1.82, 2.24) is 4.98 Å². The van der Waals surface area contributed by atoms with E-state index in [2.05, 4.69) is 4.98 Å². The number of hydrogen-bond donors (Lipinski definition) is 0. The first-order valence-corrected chi connectivity index (χ1v) is 8.63. The zero-order valence-electron chi connectivity index (χ0n) is 16.0. The van der Waals surface area contributed by atoms with Crippen molar-refractivity contribution in [1.29, 1.82) is 5.26 Å². The van der Waals surface area contributed by atoms with Crippen LogP contribution in [0, 0.1) is 35.7 Å². The number of hydrogen-bond acceptors (Lipinski definition) is 4. The number of ether oxygens (including phenoxy) is 2. The topological polar surface area (TPSA) is 55.1 Å². The summed E-state index contributed by atoms with van der Waals surface area (Å²) in [6.45, 7) is 1.59. The minimum Gasteiger partial charge on any atom is -0.497 e. The van der Waals surface area contributed by atoms with E-state index in [1.165, 1.54) is 20.4 Å². The van der Waals surface area contributed by atoms with E-state index in [4.69, 9.17) is 9.47 Å². The van der Waals surface area contributed by atoms with Crippen molar-refractivity contribution in [3.63, 3.8) is 0 Å². The molecule has 148 valence electrons. The molecule has 0 radical (unpaired) electrons. The molecule has 1 aromatic heterocycles. The molecule has 4 nitrogen and oxygen atoms in total. The first-order chi connectivity index (χ1) is 13.9. The number of benzene rings is 2. The van der Waals surface area contributed by atoms with Gasteiger partial charge in [-0.25, -0.2) is 13.2 Å². The molecule has 1 heterocycles. The van der Waals surface area contributed by atoms with Gasteiger partial charge in [-0.05, 0) is 35.7 Å². The fraction of sp³-hybridized carbons (Fsp3) is 0.182. The van der Waals surface area contributed by atoms with Crippen molar-refractivity contribution < 1.29 is 22.6 Å². The van der Waals surface area contributed by atoms with Crippen LogP contribution in [-0.2, 0) is 6.42 Å². The molecule has 0 amide bonds. The van der Waals surface area contributed by atoms with Crippen LogP contribution in [0.2, 0.25) is 0 Å². The standard InChI is InChI=1S/C22H17F3N2O2/c1-12-20(22-18(24)8-15(23)9-19(22)25)21(13(4-5-26)11-27-12)14-6-16(28-2)10-17(7-14)29-3/h6-11H,4H2,1-3H3. The Hall–Kier alpha value is -3.53. The lowest BCUT2D eigenvalue weighted by atomic mass is 9.88. The van der Waals surface area contributed by atoms with Crippen LogP contribution in [0.25, 0.3) is 22.3 Å². The largest absolute Gasteiger partial charge is 0.497 e. The van der Waals surface area contributed by atoms with Gasteiger partial charge in [0.25, 0.3) is 0 Å². The van der Waals surface area contributed by atoms with E-state index in [1.54, 1.807) is 25.1 Å². The van der Waals surface area contributed by atoms with Crippen LogP contribution >= 0.6 is 0 Å². The van der Waals surface area contributed by atoms with Crippen molar-refractivity contribution >= 4 is 0 Å². The SMILES string of the molecule is COc1cc(OC)cc(-c2c(CC#N)cnc(C)c2-c2c(F)cc(F)cc2F)c1. The highest BCUT2D eigenvalue weighted by atomic mass is 19.1. The average molecular weight is 398 g/mol. The molecule has 0 unspecified atom stereocenters. The molecule has 2 aromatic carbocycles. The van der Waals surface area contributed by atoms with E-state index in [9.17, 15) is 18.4 Å². The predicted molar refractivity (Wildman–Crippen MR) is 102 cm³/mol. The summed E-state index contributed by atoms with van der Waals surface area (Å²) in [5.41, 5.74) is 1.45. The lowest BCUT2D eigenvalue weighted by Crippen LogP contribution is -2.03. The van der Waals surface area contributed by atoms with E-state index < -0.39 is 23.0 Å². The number of methoxy groups -OCH3 is 2. The van der Waals surface area contributed by atoms with Crippen LogP contribution in [0.3, 0.4) is 0 Å². The van der Waals surface area contributed by atoms with Crippen molar-refractivity contribution in [2.24, 2.45) is 0 Å². The normalized spacial score (nSPS) is 10.5. The third kappa shape index (κ3) is 3.87. The van der Waals surface area contributed by atoms with Crippen molar-refractivity contribution in [2.75, 3.05) is 14.2 Å². The van der Waals surface area contributed by atoms with Gasteiger partial charge in [-0.15, -0.1) is 0 Å². The molecule has 0 aliphatic carbocycles. The summed E-state index contributed by atoms with van der Waals surface area (Å²) in [5.74, 6) is -2.21. The Balaban J connectivity index is 2.44. The zero-order valence-corrected chi connectivity index (χ0v) is 16.0. The van der Waals surface area contributed by atoms with Crippen LogP contribution < -0.4 is 9.47 Å². The first kappa shape index (κ1) is 20.2. The molecular weight excluding hydrogens is 381 g/mol. The monoisotopic (exact) mass is 398 g/mol. The van der Waals surface area contributed by atoms with Gasteiger partial charge < -0.3 is 9.47 Å². The molecule has 0 spiro atoms. The molecule has 29 heavy (non-hydrogen) atoms. The molecule has 0 fully saturated rings. The maximum Gasteiger partial charge on any atom is 0.136 e. The van der Waals surface area contributed by atoms with Gasteiger partial charge >= 0.3 is 0 Å². The highest BCUT2D eigenvalue weighted by molar-refractivity contribution is 5.88. The Morgan fingerprint density at radius 1 is 0.897 bits per heavy atom. The summed E-state index contributed by atoms with van der Waals surface area (Å²) in [4.78, 5) is 4.21. The second kappa shape index (κ2) is 8.23. The number of aromatic nitrogens is 1. The van der Waals surface area contributed by atoms with Gasteiger partial charge in [0, 0.05) is 35.7 Å². The summed E-state index contributed by atoms with van der Waals surface area (Å²) in [6.07, 6.45) is 1.45. The molecule has 0 saturated carbocycles. The molecule has 0 bridgehead atoms. The minimum atomic E-state index is -1.06. The van der Waals surface area contributed by atoms with E-state index in [1.807, 2.05) is 6.07 Å². The van der Waals surface area contributed by atoms with Crippen molar-refractivity contribution in [3.05, 3.63) is 65.2 Å². The van der Waals surface area contributed by atoms with Gasteiger partial charge in [-0.2, -0.15) is 5.26 Å². The number of pyridine rings is 1. The van der Waals surface area contributed by atoms with Crippen LogP contribution in [0.4, 0.5) is 13.2 Å². The van der Waals surface area contributed by atoms with Gasteiger partial charge in [-0.3, -0.25) is 4.98 Å². The fourth-order valence-electron chi connectivity index (χ4n) is 3.23. The Bertz CT molecular complexity index is 1080. The van der Waals surface area contributed by atoms with E-state index in [0.29, 0.717) is 46.0 Å². The van der Waals surface area contributed by atoms with Crippen LogP contribution in [0.5, 0.6) is 11.5 Å². The van der Waals surface area contributed by atoms with Gasteiger partial charge in [0.2, 0.25) is 0 Å². The smallest absolute Gasteiger partial charge is 0.136 e. The van der Waals surface area contributed by atoms with E-state index in [-0.39, 0.29) is 12.0 Å². The Morgan fingerprint density at radius 2 is 1.48 bits per heavy atom. The van der Waals surface area contributed by atoms with Gasteiger partial charge in [0.05, 0.1) is 32.3 Å². The first-order valence-electron chi connectivity index (χ1n) is 8.63. The highest BCUT2D eigenvalue weighted by Crippen LogP contribution is 2.41. The average Bonchev–Trinajstić information content (AvgIpc) is 2.69. The molecule has 0 aliphatic rings. The van der Waals surface area contributed by atoms with E-state index in [0.717, 1.165) is 0 Å². The molecule has 7 heteroatoms. The van der Waals surface area contributed by atoms with Gasteiger partial charge in [0.1, 0.15) is 29.0 Å². The summed E-state index contributed by atoms with van der Waals surface area (Å²) >= 11 is 0. The van der Waals surface area contributed by atoms with Crippen molar-refractivity contribution in [2.45, 2.75) is 13.3 Å². The third-order valence-corrected chi connectivity index (χ3v) is 4.51. The number of rotatable bonds is 5. The van der Waals surface area contributed by atoms with Crippen molar-refractivity contribution in [3.8, 4) is 39.8 Å². The Labute approximate surface area is 166 Å². The molecule has 0 atom stereocenters. The summed E-state index contributed by atoms with van der Waals surface area (Å²) in [7, 11) is 2.96. The lowest BCUT2D eigenvalue weighted by Gasteiger charge is -2.18. The maximum atomic E-state index is 14.7. The maximum absolute atomic E-state index is 14.7. The number of aryl methyl sites for hydroxylation is 1. The Kier molecular flexibility index (Phi) is 5.74.